The maximum absolute atomic E-state index is 11.9. The first-order chi connectivity index (χ1) is 10.1. The highest BCUT2D eigenvalue weighted by atomic mass is 16.6. The molecule has 0 spiro atoms. The van der Waals surface area contributed by atoms with Crippen LogP contribution in [0, 0.1) is 0 Å². The van der Waals surface area contributed by atoms with Crippen LogP contribution in [0.1, 0.15) is 12.6 Å². The van der Waals surface area contributed by atoms with Gasteiger partial charge in [0.05, 0.1) is 19.0 Å². The van der Waals surface area contributed by atoms with Crippen molar-refractivity contribution in [2.24, 2.45) is 0 Å². The molecule has 3 N–H and O–H groups in total. The minimum atomic E-state index is -0.627. The largest absolute Gasteiger partial charge is 0.390 e. The first kappa shape index (κ1) is 14.0. The molecule has 0 bridgehead atoms. The van der Waals surface area contributed by atoms with E-state index in [1.165, 1.54) is 6.33 Å². The summed E-state index contributed by atoms with van der Waals surface area (Å²) in [4.78, 5) is 22.8. The van der Waals surface area contributed by atoms with Crippen LogP contribution in [0.5, 0.6) is 0 Å². The van der Waals surface area contributed by atoms with Gasteiger partial charge in [-0.3, -0.25) is 14.3 Å². The molecule has 1 saturated heterocycles. The van der Waals surface area contributed by atoms with Crippen molar-refractivity contribution >= 4 is 17.1 Å². The summed E-state index contributed by atoms with van der Waals surface area (Å²) in [6, 6.07) is 0. The average Bonchev–Trinajstić information content (AvgIpc) is 3.03. The fourth-order valence-corrected chi connectivity index (χ4v) is 2.46. The van der Waals surface area contributed by atoms with Crippen LogP contribution in [0.25, 0.3) is 11.2 Å². The first-order valence-electron chi connectivity index (χ1n) is 6.61. The molecule has 3 heterocycles. The van der Waals surface area contributed by atoms with E-state index in [1.54, 1.807) is 18.7 Å². The Hall–Kier alpha value is -1.97. The van der Waals surface area contributed by atoms with Crippen molar-refractivity contribution < 1.29 is 14.6 Å². The second kappa shape index (κ2) is 5.43. The molecule has 0 radical (unpaired) electrons. The lowest BCUT2D eigenvalue weighted by Gasteiger charge is -2.14. The van der Waals surface area contributed by atoms with Gasteiger partial charge in [0.15, 0.2) is 11.2 Å². The quantitative estimate of drug-likeness (QED) is 0.693. The molecule has 1 aliphatic heterocycles. The zero-order valence-electron chi connectivity index (χ0n) is 11.7. The number of aromatic amines is 1. The summed E-state index contributed by atoms with van der Waals surface area (Å²) in [6.07, 6.45) is 0.437. The van der Waals surface area contributed by atoms with E-state index in [0.29, 0.717) is 24.6 Å². The lowest BCUT2D eigenvalue weighted by atomic mass is 10.2. The van der Waals surface area contributed by atoms with E-state index in [1.807, 2.05) is 0 Å². The zero-order chi connectivity index (χ0) is 15.0. The van der Waals surface area contributed by atoms with Crippen LogP contribution in [0.15, 0.2) is 11.1 Å². The van der Waals surface area contributed by atoms with Gasteiger partial charge >= 0.3 is 0 Å². The number of methoxy groups -OCH3 is 1. The number of aromatic nitrogens is 4. The van der Waals surface area contributed by atoms with Crippen LogP contribution >= 0.6 is 0 Å². The minimum absolute atomic E-state index is 0.238. The van der Waals surface area contributed by atoms with Gasteiger partial charge < -0.3 is 19.9 Å². The third-order valence-electron chi connectivity index (χ3n) is 3.51. The van der Waals surface area contributed by atoms with E-state index in [2.05, 4.69) is 20.3 Å². The Balaban J connectivity index is 1.98. The van der Waals surface area contributed by atoms with Crippen molar-refractivity contribution in [2.45, 2.75) is 24.9 Å². The van der Waals surface area contributed by atoms with Crippen molar-refractivity contribution in [2.75, 3.05) is 26.1 Å². The second-order valence-corrected chi connectivity index (χ2v) is 4.88. The summed E-state index contributed by atoms with van der Waals surface area (Å²) in [5, 5.41) is 12.8. The molecule has 0 aromatic carbocycles. The topological polar surface area (TPSA) is 114 Å². The molecule has 0 aliphatic carbocycles. The Kier molecular flexibility index (Phi) is 3.62. The van der Waals surface area contributed by atoms with Crippen LogP contribution in [0.4, 0.5) is 5.95 Å². The standard InChI is InChI=1S/C12H17N5O4/c1-13-12-15-10-9(11(19)16-12)14-5-17(10)8-3-6(18)7(21-8)4-20-2/h5-8,18H,3-4H2,1-2H3,(H2,13,15,16,19). The summed E-state index contributed by atoms with van der Waals surface area (Å²) in [7, 11) is 3.21. The predicted octanol–water partition coefficient (Wildman–Crippen LogP) is -0.544. The maximum Gasteiger partial charge on any atom is 0.280 e. The number of rotatable bonds is 4. The SMILES string of the molecule is CNc1nc2c(ncn2C2CC(O)C(COC)O2)c(=O)[nH]1. The summed E-state index contributed by atoms with van der Waals surface area (Å²) >= 11 is 0. The third kappa shape index (κ3) is 2.39. The summed E-state index contributed by atoms with van der Waals surface area (Å²) in [5.41, 5.74) is 0.329. The van der Waals surface area contributed by atoms with E-state index < -0.39 is 18.4 Å². The van der Waals surface area contributed by atoms with Crippen molar-refractivity contribution in [3.63, 3.8) is 0 Å². The van der Waals surface area contributed by atoms with Crippen LogP contribution in [0.3, 0.4) is 0 Å². The average molecular weight is 295 g/mol. The Morgan fingerprint density at radius 1 is 1.67 bits per heavy atom. The molecule has 3 unspecified atom stereocenters. The smallest absolute Gasteiger partial charge is 0.280 e. The van der Waals surface area contributed by atoms with E-state index >= 15 is 0 Å². The zero-order valence-corrected chi connectivity index (χ0v) is 11.7. The molecular formula is C12H17N5O4. The molecule has 1 aliphatic rings. The van der Waals surface area contributed by atoms with Crippen molar-refractivity contribution in [1.29, 1.82) is 0 Å². The molecule has 1 fully saturated rings. The van der Waals surface area contributed by atoms with Gasteiger partial charge in [-0.15, -0.1) is 0 Å². The lowest BCUT2D eigenvalue weighted by molar-refractivity contribution is -0.0523. The third-order valence-corrected chi connectivity index (χ3v) is 3.51. The summed E-state index contributed by atoms with van der Waals surface area (Å²) in [6.45, 7) is 0.306. The molecule has 0 saturated carbocycles. The fraction of sp³-hybridized carbons (Fsp3) is 0.583. The number of H-pyrrole nitrogens is 1. The van der Waals surface area contributed by atoms with Gasteiger partial charge in [0.25, 0.3) is 5.56 Å². The summed E-state index contributed by atoms with van der Waals surface area (Å²) < 4.78 is 12.4. The van der Waals surface area contributed by atoms with Crippen LogP contribution in [-0.2, 0) is 9.47 Å². The molecule has 21 heavy (non-hydrogen) atoms. The van der Waals surface area contributed by atoms with Gasteiger partial charge in [-0.25, -0.2) is 4.98 Å². The number of aliphatic hydroxyl groups excluding tert-OH is 1. The number of imidazole rings is 1. The molecule has 3 rings (SSSR count). The van der Waals surface area contributed by atoms with E-state index in [9.17, 15) is 9.90 Å². The number of nitrogens with one attached hydrogen (secondary N) is 2. The number of ether oxygens (including phenoxy) is 2. The number of aliphatic hydroxyl groups is 1. The van der Waals surface area contributed by atoms with Gasteiger partial charge in [-0.05, 0) is 0 Å². The van der Waals surface area contributed by atoms with Crippen LogP contribution in [0.2, 0.25) is 0 Å². The van der Waals surface area contributed by atoms with Gasteiger partial charge in [0.1, 0.15) is 12.3 Å². The molecule has 9 nitrogen and oxygen atoms in total. The van der Waals surface area contributed by atoms with Gasteiger partial charge in [-0.1, -0.05) is 0 Å². The molecule has 3 atom stereocenters. The van der Waals surface area contributed by atoms with Gasteiger partial charge in [0, 0.05) is 20.6 Å². The molecular weight excluding hydrogens is 278 g/mol. The van der Waals surface area contributed by atoms with Crippen LogP contribution < -0.4 is 10.9 Å². The number of fused-ring (bicyclic) bond motifs is 1. The normalized spacial score (nSPS) is 25.6. The van der Waals surface area contributed by atoms with E-state index in [0.717, 1.165) is 0 Å². The van der Waals surface area contributed by atoms with Crippen molar-refractivity contribution in [1.82, 2.24) is 19.5 Å². The number of hydrogen-bond donors (Lipinski definition) is 3. The Bertz CT molecular complexity index is 697. The second-order valence-electron chi connectivity index (χ2n) is 4.88. The summed E-state index contributed by atoms with van der Waals surface area (Å²) in [5.74, 6) is 0.348. The maximum atomic E-state index is 11.9. The fourth-order valence-electron chi connectivity index (χ4n) is 2.46. The highest BCUT2D eigenvalue weighted by molar-refractivity contribution is 5.70. The molecule has 2 aromatic rings. The predicted molar refractivity (Wildman–Crippen MR) is 74.1 cm³/mol. The Labute approximate surface area is 119 Å². The van der Waals surface area contributed by atoms with E-state index in [4.69, 9.17) is 9.47 Å². The Morgan fingerprint density at radius 2 is 2.48 bits per heavy atom. The highest BCUT2D eigenvalue weighted by Gasteiger charge is 2.35. The number of nitrogens with zero attached hydrogens (tertiary/aromatic N) is 3. The van der Waals surface area contributed by atoms with Crippen LogP contribution in [-0.4, -0.2) is 57.6 Å². The van der Waals surface area contributed by atoms with Crippen molar-refractivity contribution in [3.8, 4) is 0 Å². The molecule has 114 valence electrons. The van der Waals surface area contributed by atoms with Crippen molar-refractivity contribution in [3.05, 3.63) is 16.7 Å². The monoisotopic (exact) mass is 295 g/mol. The molecule has 9 heteroatoms. The minimum Gasteiger partial charge on any atom is -0.390 e. The van der Waals surface area contributed by atoms with E-state index in [-0.39, 0.29) is 11.1 Å². The van der Waals surface area contributed by atoms with Gasteiger partial charge in [-0.2, -0.15) is 4.98 Å². The number of hydrogen-bond acceptors (Lipinski definition) is 7. The Morgan fingerprint density at radius 3 is 3.19 bits per heavy atom. The molecule has 0 amide bonds. The number of anilines is 1. The lowest BCUT2D eigenvalue weighted by Crippen LogP contribution is -2.25. The molecule has 2 aromatic heterocycles. The van der Waals surface area contributed by atoms with Gasteiger partial charge in [0.2, 0.25) is 5.95 Å². The first-order valence-corrected chi connectivity index (χ1v) is 6.61. The highest BCUT2D eigenvalue weighted by Crippen LogP contribution is 2.30.